The van der Waals surface area contributed by atoms with Crippen LogP contribution in [0.15, 0.2) is 60.7 Å². The largest absolute Gasteiger partial charge is 0.469 e. The normalized spacial score (nSPS) is 37.2. The maximum absolute atomic E-state index is 14.5. The van der Waals surface area contributed by atoms with Crippen LogP contribution in [0.2, 0.25) is 0 Å². The Balaban J connectivity index is 1.23. The number of benzene rings is 2. The van der Waals surface area contributed by atoms with Gasteiger partial charge >= 0.3 is 23.9 Å². The second-order valence-electron chi connectivity index (χ2n) is 14.4. The number of piperidine rings is 2. The zero-order valence-electron chi connectivity index (χ0n) is 28.1. The Kier molecular flexibility index (Phi) is 9.06. The van der Waals surface area contributed by atoms with Gasteiger partial charge in [-0.15, -0.1) is 0 Å². The van der Waals surface area contributed by atoms with E-state index in [-0.39, 0.29) is 47.9 Å². The van der Waals surface area contributed by atoms with E-state index in [2.05, 4.69) is 9.80 Å². The zero-order valence-corrected chi connectivity index (χ0v) is 28.1. The number of carbonyl (C=O) groups is 4. The van der Waals surface area contributed by atoms with Gasteiger partial charge in [-0.1, -0.05) is 60.7 Å². The van der Waals surface area contributed by atoms with Crippen molar-refractivity contribution in [3.8, 4) is 0 Å². The number of methoxy groups -OCH3 is 2. The van der Waals surface area contributed by atoms with E-state index < -0.39 is 47.8 Å². The highest BCUT2D eigenvalue weighted by Crippen LogP contribution is 2.59. The molecule has 10 nitrogen and oxygen atoms in total. The Bertz CT molecular complexity index is 1410. The summed E-state index contributed by atoms with van der Waals surface area (Å²) in [6, 6.07) is 19.8. The third kappa shape index (κ3) is 5.50. The summed E-state index contributed by atoms with van der Waals surface area (Å²) in [5.74, 6) is -5.41. The minimum Gasteiger partial charge on any atom is -0.469 e. The fourth-order valence-corrected chi connectivity index (χ4v) is 9.94. The highest BCUT2D eigenvalue weighted by molar-refractivity contribution is 5.88. The topological polar surface area (TPSA) is 112 Å². The molecule has 10 heteroatoms. The van der Waals surface area contributed by atoms with Gasteiger partial charge in [-0.2, -0.15) is 0 Å². The molecule has 0 aromatic heterocycles. The monoisotopic (exact) mass is 658 g/mol. The molecule has 0 spiro atoms. The predicted octanol–water partition coefficient (Wildman–Crippen LogP) is 3.94. The van der Waals surface area contributed by atoms with E-state index in [1.807, 2.05) is 74.8 Å². The molecule has 0 N–H and O–H groups in total. The number of ether oxygens (including phenoxy) is 4. The van der Waals surface area contributed by atoms with Gasteiger partial charge in [0.1, 0.15) is 24.0 Å². The van der Waals surface area contributed by atoms with Crippen molar-refractivity contribution >= 4 is 23.9 Å². The molecule has 2 aromatic carbocycles. The van der Waals surface area contributed by atoms with Gasteiger partial charge in [0.15, 0.2) is 0 Å². The van der Waals surface area contributed by atoms with Crippen molar-refractivity contribution in [1.82, 2.24) is 9.80 Å². The van der Waals surface area contributed by atoms with Crippen LogP contribution in [0.1, 0.15) is 61.5 Å². The van der Waals surface area contributed by atoms with Crippen molar-refractivity contribution in [2.45, 2.75) is 86.7 Å². The Morgan fingerprint density at radius 3 is 1.27 bits per heavy atom. The fourth-order valence-electron chi connectivity index (χ4n) is 9.94. The van der Waals surface area contributed by atoms with E-state index in [1.54, 1.807) is 0 Å². The van der Waals surface area contributed by atoms with Crippen molar-refractivity contribution in [2.75, 3.05) is 28.3 Å². The molecule has 4 saturated heterocycles. The van der Waals surface area contributed by atoms with Crippen LogP contribution >= 0.6 is 0 Å². The third-order valence-electron chi connectivity index (χ3n) is 12.4. The number of esters is 4. The van der Waals surface area contributed by atoms with Crippen molar-refractivity contribution < 1.29 is 38.1 Å². The number of hydrogen-bond acceptors (Lipinski definition) is 10. The average Bonchev–Trinajstić information content (AvgIpc) is 3.45. The van der Waals surface area contributed by atoms with Crippen molar-refractivity contribution in [1.29, 1.82) is 0 Å². The summed E-state index contributed by atoms with van der Waals surface area (Å²) >= 11 is 0. The highest BCUT2D eigenvalue weighted by Gasteiger charge is 2.62. The summed E-state index contributed by atoms with van der Waals surface area (Å²) in [6.45, 7) is 0. The fraction of sp³-hybridized carbons (Fsp3) is 0.579. The molecule has 11 unspecified atom stereocenters. The van der Waals surface area contributed by atoms with Crippen LogP contribution in [0, 0.1) is 23.7 Å². The second kappa shape index (κ2) is 13.3. The first-order chi connectivity index (χ1) is 23.2. The third-order valence-corrected chi connectivity index (χ3v) is 12.4. The molecule has 7 rings (SSSR count). The molecule has 5 fully saturated rings. The van der Waals surface area contributed by atoms with Crippen LogP contribution in [0.5, 0.6) is 0 Å². The Morgan fingerprint density at radius 2 is 0.917 bits per heavy atom. The average molecular weight is 659 g/mol. The maximum atomic E-state index is 14.5. The van der Waals surface area contributed by atoms with Gasteiger partial charge in [-0.25, -0.2) is 0 Å². The Morgan fingerprint density at radius 1 is 0.542 bits per heavy atom. The molecule has 1 saturated carbocycles. The first kappa shape index (κ1) is 32.8. The smallest absolute Gasteiger partial charge is 0.314 e. The van der Waals surface area contributed by atoms with E-state index in [4.69, 9.17) is 18.9 Å². The van der Waals surface area contributed by atoms with Gasteiger partial charge in [0.2, 0.25) is 0 Å². The molecule has 4 bridgehead atoms. The molecule has 12 atom stereocenters. The second-order valence-corrected chi connectivity index (χ2v) is 14.4. The van der Waals surface area contributed by atoms with Gasteiger partial charge in [0, 0.05) is 48.8 Å². The van der Waals surface area contributed by atoms with Crippen LogP contribution in [0.25, 0.3) is 0 Å². The molecule has 0 amide bonds. The molecular weight excluding hydrogens is 612 g/mol. The lowest BCUT2D eigenvalue weighted by Gasteiger charge is -2.51. The van der Waals surface area contributed by atoms with Gasteiger partial charge in [-0.3, -0.25) is 29.0 Å². The minimum atomic E-state index is -0.847. The van der Waals surface area contributed by atoms with Crippen molar-refractivity contribution in [3.63, 3.8) is 0 Å². The number of carbonyl (C=O) groups excluding carboxylic acids is 4. The van der Waals surface area contributed by atoms with E-state index in [9.17, 15) is 19.2 Å². The summed E-state index contributed by atoms with van der Waals surface area (Å²) in [6.07, 6.45) is 3.24. The summed E-state index contributed by atoms with van der Waals surface area (Å²) in [4.78, 5) is 59.7. The van der Waals surface area contributed by atoms with E-state index in [0.29, 0.717) is 12.8 Å². The van der Waals surface area contributed by atoms with Gasteiger partial charge < -0.3 is 18.9 Å². The summed E-state index contributed by atoms with van der Waals surface area (Å²) < 4.78 is 23.1. The predicted molar refractivity (Wildman–Crippen MR) is 174 cm³/mol. The van der Waals surface area contributed by atoms with E-state index in [1.165, 1.54) is 14.2 Å². The number of rotatable bonds is 8. The molecule has 4 heterocycles. The molecule has 48 heavy (non-hydrogen) atoms. The van der Waals surface area contributed by atoms with Gasteiger partial charge in [0.05, 0.1) is 26.1 Å². The van der Waals surface area contributed by atoms with Crippen molar-refractivity contribution in [2.24, 2.45) is 23.7 Å². The molecule has 1 aliphatic carbocycles. The van der Waals surface area contributed by atoms with Crippen LogP contribution in [0.4, 0.5) is 0 Å². The van der Waals surface area contributed by atoms with Gasteiger partial charge in [-0.05, 0) is 50.9 Å². The van der Waals surface area contributed by atoms with E-state index in [0.717, 1.165) is 36.8 Å². The molecule has 0 radical (unpaired) electrons. The Labute approximate surface area is 282 Å². The molecule has 256 valence electrons. The number of hydrogen-bond donors (Lipinski definition) is 0. The quantitative estimate of drug-likeness (QED) is 0.306. The minimum absolute atomic E-state index is 0.0757. The summed E-state index contributed by atoms with van der Waals surface area (Å²) in [5, 5.41) is 0. The molecular formula is C38H46N2O8. The maximum Gasteiger partial charge on any atom is 0.314 e. The van der Waals surface area contributed by atoms with Gasteiger partial charge in [0.25, 0.3) is 0 Å². The lowest BCUT2D eigenvalue weighted by Crippen LogP contribution is -2.58. The standard InChI is InChI=1S/C38H46N2O8/c1-39-23-15-17-25(39)31(35(41)45-3)27(19-23)47-37(43)33-29(21-11-7-5-8-12-21)30(22-13-9-6-10-14-22)34(33)38(44)48-28-20-24-16-18-26(40(24)2)32(28)36(42)46-4/h5-14,23-34H,15-20H2,1-4H3/t23?,24?,25?,26?,27-,28?,29?,30?,31?,32?,33?,34?/m1/s1. The number of nitrogens with zero attached hydrogens (tertiary/aromatic N) is 2. The summed E-state index contributed by atoms with van der Waals surface area (Å²) in [5.41, 5.74) is 1.85. The van der Waals surface area contributed by atoms with Crippen molar-refractivity contribution in [3.05, 3.63) is 71.8 Å². The van der Waals surface area contributed by atoms with Crippen LogP contribution in [0.3, 0.4) is 0 Å². The first-order valence-corrected chi connectivity index (χ1v) is 17.3. The number of fused-ring (bicyclic) bond motifs is 4. The van der Waals surface area contributed by atoms with Crippen LogP contribution in [-0.4, -0.2) is 98.4 Å². The first-order valence-electron chi connectivity index (χ1n) is 17.3. The molecule has 2 aromatic rings. The van der Waals surface area contributed by atoms with Crippen LogP contribution < -0.4 is 0 Å². The van der Waals surface area contributed by atoms with Crippen LogP contribution in [-0.2, 0) is 38.1 Å². The lowest BCUT2D eigenvalue weighted by molar-refractivity contribution is -0.190. The SMILES string of the molecule is COC(=O)C1C(OC(=O)C2C(C(=O)O[C@@H]3CC4CCC(C3C(=O)OC)N4C)C(c3ccccc3)C2c2ccccc2)CC2CCC1N2C. The molecule has 5 aliphatic rings. The summed E-state index contributed by atoms with van der Waals surface area (Å²) in [7, 11) is 6.77. The Hall–Kier alpha value is -3.76. The zero-order chi connectivity index (χ0) is 33.7. The lowest BCUT2D eigenvalue weighted by atomic mass is 9.52. The highest BCUT2D eigenvalue weighted by atomic mass is 16.6. The molecule has 4 aliphatic heterocycles. The van der Waals surface area contributed by atoms with E-state index >= 15 is 0 Å².